The van der Waals surface area contributed by atoms with Crippen molar-refractivity contribution in [2.45, 2.75) is 6.42 Å². The van der Waals surface area contributed by atoms with Crippen molar-refractivity contribution in [3.05, 3.63) is 59.4 Å². The average Bonchev–Trinajstić information content (AvgIpc) is 2.66. The Morgan fingerprint density at radius 2 is 1.92 bits per heavy atom. The smallest absolute Gasteiger partial charge is 0.260 e. The summed E-state index contributed by atoms with van der Waals surface area (Å²) in [5.74, 6) is 0.700. The zero-order valence-electron chi connectivity index (χ0n) is 14.7. The minimum Gasteiger partial charge on any atom is -0.497 e. The predicted octanol–water partition coefficient (Wildman–Crippen LogP) is 2.55. The SMILES string of the molecule is COc1ccc(OC)c(/C=N/OCC(=O)NCCc2ccc(F)cc2)c1. The molecule has 0 spiro atoms. The number of methoxy groups -OCH3 is 2. The van der Waals surface area contributed by atoms with Crippen molar-refractivity contribution in [2.24, 2.45) is 5.16 Å². The number of nitrogens with one attached hydrogen (secondary N) is 1. The molecular formula is C19H21FN2O4. The third-order valence-corrected chi connectivity index (χ3v) is 3.55. The maximum atomic E-state index is 12.8. The van der Waals surface area contributed by atoms with Gasteiger partial charge in [-0.3, -0.25) is 4.79 Å². The number of ether oxygens (including phenoxy) is 2. The van der Waals surface area contributed by atoms with E-state index in [0.717, 1.165) is 5.56 Å². The number of hydrogen-bond acceptors (Lipinski definition) is 5. The molecule has 0 heterocycles. The minimum atomic E-state index is -0.290. The molecule has 0 saturated heterocycles. The molecule has 1 amide bonds. The van der Waals surface area contributed by atoms with Crippen molar-refractivity contribution in [3.63, 3.8) is 0 Å². The molecule has 0 aromatic heterocycles. The van der Waals surface area contributed by atoms with Gasteiger partial charge in [0.25, 0.3) is 5.91 Å². The molecule has 0 aliphatic rings. The van der Waals surface area contributed by atoms with E-state index in [-0.39, 0.29) is 18.3 Å². The van der Waals surface area contributed by atoms with Crippen LogP contribution >= 0.6 is 0 Å². The zero-order valence-corrected chi connectivity index (χ0v) is 14.7. The molecule has 138 valence electrons. The molecule has 0 aliphatic heterocycles. The van der Waals surface area contributed by atoms with E-state index in [0.29, 0.717) is 30.0 Å². The Bertz CT molecular complexity index is 748. The number of carbonyl (C=O) groups is 1. The molecule has 6 nitrogen and oxygen atoms in total. The molecule has 0 unspecified atom stereocenters. The normalized spacial score (nSPS) is 10.6. The Morgan fingerprint density at radius 1 is 1.15 bits per heavy atom. The van der Waals surface area contributed by atoms with Gasteiger partial charge in [0, 0.05) is 12.1 Å². The number of amides is 1. The van der Waals surface area contributed by atoms with Gasteiger partial charge in [0.2, 0.25) is 0 Å². The predicted molar refractivity (Wildman–Crippen MR) is 96.2 cm³/mol. The lowest BCUT2D eigenvalue weighted by Crippen LogP contribution is -2.28. The van der Waals surface area contributed by atoms with Crippen molar-refractivity contribution in [3.8, 4) is 11.5 Å². The monoisotopic (exact) mass is 360 g/mol. The van der Waals surface area contributed by atoms with Gasteiger partial charge in [0.1, 0.15) is 17.3 Å². The van der Waals surface area contributed by atoms with Crippen LogP contribution in [-0.4, -0.2) is 39.5 Å². The molecule has 0 radical (unpaired) electrons. The highest BCUT2D eigenvalue weighted by Crippen LogP contribution is 2.22. The van der Waals surface area contributed by atoms with E-state index in [1.807, 2.05) is 0 Å². The van der Waals surface area contributed by atoms with E-state index in [1.54, 1.807) is 44.6 Å². The molecule has 26 heavy (non-hydrogen) atoms. The molecule has 0 saturated carbocycles. The number of hydrogen-bond donors (Lipinski definition) is 1. The highest BCUT2D eigenvalue weighted by molar-refractivity contribution is 5.84. The van der Waals surface area contributed by atoms with Gasteiger partial charge in [-0.05, 0) is 42.3 Å². The average molecular weight is 360 g/mol. The maximum Gasteiger partial charge on any atom is 0.260 e. The van der Waals surface area contributed by atoms with Gasteiger partial charge in [-0.2, -0.15) is 0 Å². The lowest BCUT2D eigenvalue weighted by atomic mass is 10.1. The summed E-state index contributed by atoms with van der Waals surface area (Å²) in [6.45, 7) is 0.230. The number of benzene rings is 2. The number of carbonyl (C=O) groups excluding carboxylic acids is 1. The molecule has 2 rings (SSSR count). The minimum absolute atomic E-state index is 0.202. The number of halogens is 1. The van der Waals surface area contributed by atoms with Crippen LogP contribution in [0.2, 0.25) is 0 Å². The fourth-order valence-corrected chi connectivity index (χ4v) is 2.18. The van der Waals surface area contributed by atoms with Gasteiger partial charge >= 0.3 is 0 Å². The van der Waals surface area contributed by atoms with Crippen molar-refractivity contribution < 1.29 is 23.5 Å². The molecule has 2 aromatic rings. The van der Waals surface area contributed by atoms with Crippen molar-refractivity contribution in [1.82, 2.24) is 5.32 Å². The molecule has 0 atom stereocenters. The quantitative estimate of drug-likeness (QED) is 0.551. The van der Waals surface area contributed by atoms with Gasteiger partial charge in [0.15, 0.2) is 6.61 Å². The van der Waals surface area contributed by atoms with Gasteiger partial charge in [-0.15, -0.1) is 0 Å². The fraction of sp³-hybridized carbons (Fsp3) is 0.263. The van der Waals surface area contributed by atoms with E-state index in [9.17, 15) is 9.18 Å². The molecule has 7 heteroatoms. The number of oxime groups is 1. The molecule has 0 fully saturated rings. The van der Waals surface area contributed by atoms with Crippen LogP contribution in [0.15, 0.2) is 47.6 Å². The van der Waals surface area contributed by atoms with Crippen molar-refractivity contribution in [1.29, 1.82) is 0 Å². The summed E-state index contributed by atoms with van der Waals surface area (Å²) in [7, 11) is 3.12. The zero-order chi connectivity index (χ0) is 18.8. The second-order valence-electron chi connectivity index (χ2n) is 5.34. The van der Waals surface area contributed by atoms with Crippen LogP contribution in [-0.2, 0) is 16.1 Å². The fourth-order valence-electron chi connectivity index (χ4n) is 2.18. The van der Waals surface area contributed by atoms with Crippen LogP contribution in [0.5, 0.6) is 11.5 Å². The largest absolute Gasteiger partial charge is 0.497 e. The first kappa shape index (κ1) is 19.2. The highest BCUT2D eigenvalue weighted by Gasteiger charge is 2.04. The summed E-state index contributed by atoms with van der Waals surface area (Å²) in [6.07, 6.45) is 2.06. The van der Waals surface area contributed by atoms with Crippen molar-refractivity contribution in [2.75, 3.05) is 27.4 Å². The lowest BCUT2D eigenvalue weighted by molar-refractivity contribution is -0.125. The van der Waals surface area contributed by atoms with Crippen molar-refractivity contribution >= 4 is 12.1 Å². The Morgan fingerprint density at radius 3 is 2.62 bits per heavy atom. The van der Waals surface area contributed by atoms with E-state index in [2.05, 4.69) is 10.5 Å². The maximum absolute atomic E-state index is 12.8. The Balaban J connectivity index is 1.74. The molecule has 1 N–H and O–H groups in total. The van der Waals surface area contributed by atoms with Crippen LogP contribution < -0.4 is 14.8 Å². The molecular weight excluding hydrogens is 339 g/mol. The number of rotatable bonds is 9. The van der Waals surface area contributed by atoms with E-state index >= 15 is 0 Å². The third-order valence-electron chi connectivity index (χ3n) is 3.55. The third kappa shape index (κ3) is 6.08. The summed E-state index contributed by atoms with van der Waals surface area (Å²) < 4.78 is 23.2. The molecule has 2 aromatic carbocycles. The van der Waals surface area contributed by atoms with E-state index in [1.165, 1.54) is 18.3 Å². The summed E-state index contributed by atoms with van der Waals surface area (Å²) in [5, 5.41) is 6.49. The van der Waals surface area contributed by atoms with Gasteiger partial charge in [0.05, 0.1) is 20.4 Å². The summed E-state index contributed by atoms with van der Waals surface area (Å²) in [5.41, 5.74) is 1.61. The first-order chi connectivity index (χ1) is 12.6. The van der Waals surface area contributed by atoms with Crippen LogP contribution in [0.25, 0.3) is 0 Å². The van der Waals surface area contributed by atoms with Gasteiger partial charge in [-0.25, -0.2) is 4.39 Å². The molecule has 0 bridgehead atoms. The van der Waals surface area contributed by atoms with E-state index in [4.69, 9.17) is 14.3 Å². The van der Waals surface area contributed by atoms with Crippen LogP contribution in [0.1, 0.15) is 11.1 Å². The van der Waals surface area contributed by atoms with Crippen LogP contribution in [0.4, 0.5) is 4.39 Å². The number of nitrogens with zero attached hydrogens (tertiary/aromatic N) is 1. The topological polar surface area (TPSA) is 69.1 Å². The Kier molecular flexibility index (Phi) is 7.42. The van der Waals surface area contributed by atoms with Crippen LogP contribution in [0.3, 0.4) is 0 Å². The first-order valence-electron chi connectivity index (χ1n) is 8.01. The van der Waals surface area contributed by atoms with E-state index < -0.39 is 0 Å². The summed E-state index contributed by atoms with van der Waals surface area (Å²) in [4.78, 5) is 16.7. The summed E-state index contributed by atoms with van der Waals surface area (Å²) >= 11 is 0. The standard InChI is InChI=1S/C19H21FN2O4/c1-24-17-7-8-18(25-2)15(11-17)12-22-26-13-19(23)21-10-9-14-3-5-16(20)6-4-14/h3-8,11-12H,9-10,13H2,1-2H3,(H,21,23)/b22-12+. The second kappa shape index (κ2) is 10.0. The van der Waals surface area contributed by atoms with Gasteiger partial charge < -0.3 is 19.6 Å². The highest BCUT2D eigenvalue weighted by atomic mass is 19.1. The molecule has 0 aliphatic carbocycles. The first-order valence-corrected chi connectivity index (χ1v) is 8.01. The Labute approximate surface area is 151 Å². The van der Waals surface area contributed by atoms with Gasteiger partial charge in [-0.1, -0.05) is 17.3 Å². The second-order valence-corrected chi connectivity index (χ2v) is 5.34. The Hall–Kier alpha value is -3.09. The van der Waals surface area contributed by atoms with Crippen LogP contribution in [0, 0.1) is 5.82 Å². The summed E-state index contributed by atoms with van der Waals surface area (Å²) in [6, 6.07) is 11.4. The lowest BCUT2D eigenvalue weighted by Gasteiger charge is -2.07.